The van der Waals surface area contributed by atoms with E-state index in [1.165, 1.54) is 23.1 Å². The maximum absolute atomic E-state index is 12.9. The fraction of sp³-hybridized carbons (Fsp3) is 0.176. The molecule has 0 aromatic heterocycles. The average molecular weight is 325 g/mol. The van der Waals surface area contributed by atoms with Crippen molar-refractivity contribution in [2.75, 3.05) is 5.32 Å². The molecule has 0 saturated heterocycles. The zero-order valence-electron chi connectivity index (χ0n) is 12.9. The zero-order chi connectivity index (χ0) is 17.3. The Morgan fingerprint density at radius 1 is 1.12 bits per heavy atom. The predicted molar refractivity (Wildman–Crippen MR) is 87.5 cm³/mol. The number of nitro groups is 1. The number of fused-ring (bicyclic) bond motifs is 1. The molecule has 0 radical (unpaired) electrons. The minimum atomic E-state index is -0.746. The topological polar surface area (TPSA) is 92.5 Å². The Morgan fingerprint density at radius 2 is 1.83 bits per heavy atom. The van der Waals surface area contributed by atoms with Crippen molar-refractivity contribution in [3.8, 4) is 0 Å². The molecule has 0 spiro atoms. The van der Waals surface area contributed by atoms with Crippen molar-refractivity contribution < 1.29 is 14.5 Å². The molecule has 3 rings (SSSR count). The number of rotatable bonds is 3. The van der Waals surface area contributed by atoms with Crippen LogP contribution in [0.1, 0.15) is 22.8 Å². The van der Waals surface area contributed by atoms with Crippen molar-refractivity contribution in [2.45, 2.75) is 19.5 Å². The van der Waals surface area contributed by atoms with Crippen molar-refractivity contribution >= 4 is 23.2 Å². The summed E-state index contributed by atoms with van der Waals surface area (Å²) in [5.41, 5.74) is 0.667. The van der Waals surface area contributed by atoms with Gasteiger partial charge in [-0.25, -0.2) is 0 Å². The molecule has 122 valence electrons. The molecule has 0 saturated carbocycles. The first-order valence-electron chi connectivity index (χ1n) is 7.42. The molecule has 2 aromatic rings. The Bertz CT molecular complexity index is 820. The van der Waals surface area contributed by atoms with E-state index >= 15 is 0 Å². The number of amides is 2. The second kappa shape index (κ2) is 6.11. The minimum absolute atomic E-state index is 0.0417. The van der Waals surface area contributed by atoms with Crippen molar-refractivity contribution in [1.82, 2.24) is 4.90 Å². The molecule has 7 heteroatoms. The van der Waals surface area contributed by atoms with Crippen LogP contribution in [-0.2, 0) is 11.3 Å². The number of nitrogens with zero attached hydrogens (tertiary/aromatic N) is 2. The number of para-hydroxylation sites is 1. The van der Waals surface area contributed by atoms with E-state index in [9.17, 15) is 19.7 Å². The third-order valence-electron chi connectivity index (χ3n) is 4.02. The summed E-state index contributed by atoms with van der Waals surface area (Å²) in [5.74, 6) is -0.865. The summed E-state index contributed by atoms with van der Waals surface area (Å²) in [4.78, 5) is 37.2. The maximum atomic E-state index is 12.9. The molecule has 0 aliphatic carbocycles. The third-order valence-corrected chi connectivity index (χ3v) is 4.02. The molecule has 24 heavy (non-hydrogen) atoms. The van der Waals surface area contributed by atoms with Crippen LogP contribution in [0.15, 0.2) is 48.5 Å². The molecule has 2 amide bonds. The summed E-state index contributed by atoms with van der Waals surface area (Å²) in [5, 5.41) is 13.7. The highest BCUT2D eigenvalue weighted by Gasteiger charge is 2.35. The van der Waals surface area contributed by atoms with Gasteiger partial charge in [-0.1, -0.05) is 36.4 Å². The number of carbonyl (C=O) groups is 2. The molecule has 1 aliphatic heterocycles. The number of anilines is 1. The maximum Gasteiger partial charge on any atom is 0.293 e. The van der Waals surface area contributed by atoms with Gasteiger partial charge in [0.25, 0.3) is 11.6 Å². The number of benzene rings is 2. The van der Waals surface area contributed by atoms with Crippen LogP contribution in [0.25, 0.3) is 0 Å². The van der Waals surface area contributed by atoms with Crippen molar-refractivity contribution in [3.63, 3.8) is 0 Å². The van der Waals surface area contributed by atoms with E-state index < -0.39 is 22.8 Å². The largest absolute Gasteiger partial charge is 0.322 e. The van der Waals surface area contributed by atoms with Gasteiger partial charge in [0.05, 0.1) is 10.5 Å². The minimum Gasteiger partial charge on any atom is -0.322 e. The number of carbonyl (C=O) groups excluding carboxylic acids is 2. The van der Waals surface area contributed by atoms with E-state index in [0.717, 1.165) is 5.56 Å². The summed E-state index contributed by atoms with van der Waals surface area (Å²) >= 11 is 0. The highest BCUT2D eigenvalue weighted by molar-refractivity contribution is 6.11. The highest BCUT2D eigenvalue weighted by Crippen LogP contribution is 2.32. The van der Waals surface area contributed by atoms with Gasteiger partial charge in [-0.15, -0.1) is 0 Å². The van der Waals surface area contributed by atoms with Gasteiger partial charge in [-0.2, -0.15) is 0 Å². The Morgan fingerprint density at radius 3 is 2.50 bits per heavy atom. The molecule has 2 aromatic carbocycles. The van der Waals surface area contributed by atoms with E-state index in [1.54, 1.807) is 6.92 Å². The second-order valence-electron chi connectivity index (χ2n) is 5.54. The van der Waals surface area contributed by atoms with E-state index in [4.69, 9.17) is 0 Å². The normalized spacial score (nSPS) is 17.0. The van der Waals surface area contributed by atoms with Crippen molar-refractivity contribution in [2.24, 2.45) is 0 Å². The van der Waals surface area contributed by atoms with Crippen LogP contribution in [0.4, 0.5) is 11.4 Å². The molecule has 1 unspecified atom stereocenters. The van der Waals surface area contributed by atoms with Gasteiger partial charge in [-0.3, -0.25) is 19.7 Å². The smallest absolute Gasteiger partial charge is 0.293 e. The molecule has 1 aliphatic rings. The van der Waals surface area contributed by atoms with Crippen LogP contribution in [-0.4, -0.2) is 27.7 Å². The Kier molecular flexibility index (Phi) is 3.99. The van der Waals surface area contributed by atoms with Crippen LogP contribution >= 0.6 is 0 Å². The third kappa shape index (κ3) is 2.71. The SMILES string of the molecule is CC1C(=O)Nc2c(cccc2[N+](=O)[O-])C(=O)N1Cc1ccccc1. The standard InChI is InChI=1S/C17H15N3O4/c1-11-16(21)18-15-13(8-5-9-14(15)20(23)24)17(22)19(11)10-12-6-3-2-4-7-12/h2-9,11H,10H2,1H3,(H,18,21). The predicted octanol–water partition coefficient (Wildman–Crippen LogP) is 2.58. The molecule has 0 fully saturated rings. The zero-order valence-corrected chi connectivity index (χ0v) is 12.9. The lowest BCUT2D eigenvalue weighted by Gasteiger charge is -2.25. The monoisotopic (exact) mass is 325 g/mol. The molecular weight excluding hydrogens is 310 g/mol. The Balaban J connectivity index is 2.06. The van der Waals surface area contributed by atoms with Gasteiger partial charge >= 0.3 is 0 Å². The van der Waals surface area contributed by atoms with E-state index in [0.29, 0.717) is 0 Å². The van der Waals surface area contributed by atoms with E-state index in [-0.39, 0.29) is 23.5 Å². The van der Waals surface area contributed by atoms with E-state index in [1.807, 2.05) is 30.3 Å². The lowest BCUT2D eigenvalue weighted by molar-refractivity contribution is -0.383. The summed E-state index contributed by atoms with van der Waals surface area (Å²) in [6, 6.07) is 12.7. The van der Waals surface area contributed by atoms with Gasteiger partial charge in [0.15, 0.2) is 0 Å². The van der Waals surface area contributed by atoms with Crippen LogP contribution in [0.3, 0.4) is 0 Å². The first-order valence-corrected chi connectivity index (χ1v) is 7.42. The molecule has 1 atom stereocenters. The fourth-order valence-corrected chi connectivity index (χ4v) is 2.69. The summed E-state index contributed by atoms with van der Waals surface area (Å²) < 4.78 is 0. The van der Waals surface area contributed by atoms with Crippen LogP contribution in [0.2, 0.25) is 0 Å². The van der Waals surface area contributed by atoms with Gasteiger partial charge in [0.2, 0.25) is 5.91 Å². The lowest BCUT2D eigenvalue weighted by atomic mass is 10.1. The average Bonchev–Trinajstić information content (AvgIpc) is 2.66. The molecule has 7 nitrogen and oxygen atoms in total. The van der Waals surface area contributed by atoms with Gasteiger partial charge < -0.3 is 10.2 Å². The highest BCUT2D eigenvalue weighted by atomic mass is 16.6. The van der Waals surface area contributed by atoms with Crippen LogP contribution < -0.4 is 5.32 Å². The number of nitro benzene ring substituents is 1. The van der Waals surface area contributed by atoms with Crippen LogP contribution in [0, 0.1) is 10.1 Å². The van der Waals surface area contributed by atoms with Gasteiger partial charge in [0.1, 0.15) is 11.7 Å². The van der Waals surface area contributed by atoms with Crippen LogP contribution in [0.5, 0.6) is 0 Å². The van der Waals surface area contributed by atoms with Crippen molar-refractivity contribution in [3.05, 3.63) is 69.8 Å². The first kappa shape index (κ1) is 15.7. The molecule has 0 bridgehead atoms. The lowest BCUT2D eigenvalue weighted by Crippen LogP contribution is -2.42. The number of hydrogen-bond acceptors (Lipinski definition) is 4. The quantitative estimate of drug-likeness (QED) is 0.693. The molecule has 1 heterocycles. The summed E-state index contributed by atoms with van der Waals surface area (Å²) in [6.45, 7) is 1.85. The number of hydrogen-bond donors (Lipinski definition) is 1. The Hall–Kier alpha value is -3.22. The Labute approximate surface area is 138 Å². The molecule has 1 N–H and O–H groups in total. The molecular formula is C17H15N3O4. The summed E-state index contributed by atoms with van der Waals surface area (Å²) in [7, 11) is 0. The van der Waals surface area contributed by atoms with E-state index in [2.05, 4.69) is 5.32 Å². The first-order chi connectivity index (χ1) is 11.5. The number of nitrogens with one attached hydrogen (secondary N) is 1. The summed E-state index contributed by atoms with van der Waals surface area (Å²) in [6.07, 6.45) is 0. The van der Waals surface area contributed by atoms with Gasteiger partial charge in [-0.05, 0) is 18.6 Å². The second-order valence-corrected chi connectivity index (χ2v) is 5.54. The fourth-order valence-electron chi connectivity index (χ4n) is 2.69. The van der Waals surface area contributed by atoms with Gasteiger partial charge in [0, 0.05) is 12.6 Å². The van der Waals surface area contributed by atoms with Crippen molar-refractivity contribution in [1.29, 1.82) is 0 Å².